The van der Waals surface area contributed by atoms with Crippen molar-refractivity contribution in [3.05, 3.63) is 29.8 Å². The van der Waals surface area contributed by atoms with E-state index in [4.69, 9.17) is 0 Å². The van der Waals surface area contributed by atoms with E-state index in [9.17, 15) is 9.50 Å². The Kier molecular flexibility index (Phi) is 4.83. The number of aliphatic hydroxyl groups is 1. The maximum Gasteiger partial charge on any atom is 0.141 e. The summed E-state index contributed by atoms with van der Waals surface area (Å²) >= 11 is 0. The predicted octanol–water partition coefficient (Wildman–Crippen LogP) is 1.89. The minimum absolute atomic E-state index is 0.0123. The summed E-state index contributed by atoms with van der Waals surface area (Å²) in [5, 5.41) is 12.4. The zero-order chi connectivity index (χ0) is 12.1. The van der Waals surface area contributed by atoms with E-state index in [2.05, 4.69) is 10.3 Å². The van der Waals surface area contributed by atoms with Crippen molar-refractivity contribution < 1.29 is 9.50 Å². The van der Waals surface area contributed by atoms with Gasteiger partial charge in [0.05, 0.1) is 12.8 Å². The molecule has 1 rings (SSSR count). The fraction of sp³-hybridized carbons (Fsp3) is 0.583. The van der Waals surface area contributed by atoms with E-state index >= 15 is 0 Å². The average Bonchev–Trinajstić information content (AvgIpc) is 2.25. The number of pyridine rings is 1. The molecular formula is C12H19FN2O. The van der Waals surface area contributed by atoms with Crippen LogP contribution in [0.25, 0.3) is 0 Å². The molecule has 1 heterocycles. The molecule has 2 atom stereocenters. The molecule has 0 aliphatic heterocycles. The fourth-order valence-corrected chi connectivity index (χ4v) is 1.54. The SMILES string of the molecule is CC(C)[C@H](CO)N[C@H](C)c1cncc(F)c1. The van der Waals surface area contributed by atoms with Gasteiger partial charge >= 0.3 is 0 Å². The van der Waals surface area contributed by atoms with Crippen LogP contribution in [0, 0.1) is 11.7 Å². The summed E-state index contributed by atoms with van der Waals surface area (Å²) in [6.45, 7) is 6.07. The Bertz CT molecular complexity index is 331. The molecular weight excluding hydrogens is 207 g/mol. The van der Waals surface area contributed by atoms with Gasteiger partial charge in [0.2, 0.25) is 0 Å². The summed E-state index contributed by atoms with van der Waals surface area (Å²) in [6, 6.07) is 1.44. The van der Waals surface area contributed by atoms with E-state index in [1.807, 2.05) is 20.8 Å². The largest absolute Gasteiger partial charge is 0.395 e. The van der Waals surface area contributed by atoms with Gasteiger partial charge in [0.25, 0.3) is 0 Å². The standard InChI is InChI=1S/C12H19FN2O/c1-8(2)12(7-16)15-9(3)10-4-11(13)6-14-5-10/h4-6,8-9,12,15-16H,7H2,1-3H3/t9-,12+/m1/s1. The molecule has 0 bridgehead atoms. The van der Waals surface area contributed by atoms with E-state index in [0.29, 0.717) is 5.92 Å². The van der Waals surface area contributed by atoms with Crippen molar-refractivity contribution >= 4 is 0 Å². The van der Waals surface area contributed by atoms with E-state index in [0.717, 1.165) is 5.56 Å². The number of aromatic nitrogens is 1. The smallest absolute Gasteiger partial charge is 0.141 e. The maximum atomic E-state index is 13.0. The summed E-state index contributed by atoms with van der Waals surface area (Å²) in [6.07, 6.45) is 2.82. The first-order valence-electron chi connectivity index (χ1n) is 5.52. The van der Waals surface area contributed by atoms with Gasteiger partial charge < -0.3 is 10.4 Å². The van der Waals surface area contributed by atoms with Crippen molar-refractivity contribution in [3.63, 3.8) is 0 Å². The van der Waals surface area contributed by atoms with Crippen LogP contribution < -0.4 is 5.32 Å². The molecule has 16 heavy (non-hydrogen) atoms. The predicted molar refractivity (Wildman–Crippen MR) is 61.5 cm³/mol. The van der Waals surface area contributed by atoms with Gasteiger partial charge in [-0.05, 0) is 24.5 Å². The lowest BCUT2D eigenvalue weighted by Crippen LogP contribution is -2.38. The lowest BCUT2D eigenvalue weighted by molar-refractivity contribution is 0.201. The molecule has 0 amide bonds. The Morgan fingerprint density at radius 2 is 2.06 bits per heavy atom. The number of aliphatic hydroxyl groups excluding tert-OH is 1. The summed E-state index contributed by atoms with van der Waals surface area (Å²) in [5.41, 5.74) is 0.791. The molecule has 4 heteroatoms. The van der Waals surface area contributed by atoms with E-state index in [1.54, 1.807) is 6.20 Å². The van der Waals surface area contributed by atoms with Gasteiger partial charge in [-0.15, -0.1) is 0 Å². The molecule has 0 unspecified atom stereocenters. The molecule has 90 valence electrons. The quantitative estimate of drug-likeness (QED) is 0.806. The highest BCUT2D eigenvalue weighted by Crippen LogP contribution is 2.14. The Balaban J connectivity index is 2.67. The zero-order valence-corrected chi connectivity index (χ0v) is 9.94. The Morgan fingerprint density at radius 1 is 1.38 bits per heavy atom. The first-order valence-corrected chi connectivity index (χ1v) is 5.52. The van der Waals surface area contributed by atoms with E-state index in [-0.39, 0.29) is 24.5 Å². The van der Waals surface area contributed by atoms with Crippen LogP contribution in [0.4, 0.5) is 4.39 Å². The van der Waals surface area contributed by atoms with Gasteiger partial charge in [0, 0.05) is 18.3 Å². The average molecular weight is 226 g/mol. The van der Waals surface area contributed by atoms with Crippen molar-refractivity contribution in [2.24, 2.45) is 5.92 Å². The highest BCUT2D eigenvalue weighted by atomic mass is 19.1. The Morgan fingerprint density at radius 3 is 2.56 bits per heavy atom. The van der Waals surface area contributed by atoms with Crippen LogP contribution in [0.15, 0.2) is 18.5 Å². The third kappa shape index (κ3) is 3.54. The van der Waals surface area contributed by atoms with Crippen LogP contribution in [-0.2, 0) is 0 Å². The third-order valence-electron chi connectivity index (χ3n) is 2.69. The highest BCUT2D eigenvalue weighted by molar-refractivity contribution is 5.14. The lowest BCUT2D eigenvalue weighted by atomic mass is 10.0. The van der Waals surface area contributed by atoms with Crippen molar-refractivity contribution in [2.45, 2.75) is 32.9 Å². The number of nitrogens with zero attached hydrogens (tertiary/aromatic N) is 1. The summed E-state index contributed by atoms with van der Waals surface area (Å²) in [5.74, 6) is -0.00906. The normalized spacial score (nSPS) is 15.1. The number of nitrogens with one attached hydrogen (secondary N) is 1. The van der Waals surface area contributed by atoms with Gasteiger partial charge in [-0.1, -0.05) is 13.8 Å². The van der Waals surface area contributed by atoms with Crippen LogP contribution in [0.5, 0.6) is 0 Å². The second-order valence-corrected chi connectivity index (χ2v) is 4.36. The van der Waals surface area contributed by atoms with Gasteiger partial charge in [-0.2, -0.15) is 0 Å². The van der Waals surface area contributed by atoms with Crippen LogP contribution in [0.3, 0.4) is 0 Å². The van der Waals surface area contributed by atoms with Gasteiger partial charge in [-0.25, -0.2) is 4.39 Å². The summed E-state index contributed by atoms with van der Waals surface area (Å²) in [7, 11) is 0. The summed E-state index contributed by atoms with van der Waals surface area (Å²) < 4.78 is 13.0. The highest BCUT2D eigenvalue weighted by Gasteiger charge is 2.16. The molecule has 0 aliphatic carbocycles. The van der Waals surface area contributed by atoms with Gasteiger partial charge in [0.15, 0.2) is 0 Å². The molecule has 3 nitrogen and oxygen atoms in total. The second-order valence-electron chi connectivity index (χ2n) is 4.36. The molecule has 0 aliphatic rings. The maximum absolute atomic E-state index is 13.0. The molecule has 0 saturated heterocycles. The number of hydrogen-bond acceptors (Lipinski definition) is 3. The van der Waals surface area contributed by atoms with Crippen LogP contribution >= 0.6 is 0 Å². The van der Waals surface area contributed by atoms with Crippen LogP contribution in [-0.4, -0.2) is 22.7 Å². The van der Waals surface area contributed by atoms with Crippen molar-refractivity contribution in [2.75, 3.05) is 6.61 Å². The minimum atomic E-state index is -0.337. The number of halogens is 1. The van der Waals surface area contributed by atoms with E-state index < -0.39 is 0 Å². The lowest BCUT2D eigenvalue weighted by Gasteiger charge is -2.24. The van der Waals surface area contributed by atoms with Crippen molar-refractivity contribution in [1.82, 2.24) is 10.3 Å². The Labute approximate surface area is 95.7 Å². The van der Waals surface area contributed by atoms with Crippen molar-refractivity contribution in [3.8, 4) is 0 Å². The van der Waals surface area contributed by atoms with Gasteiger partial charge in [-0.3, -0.25) is 4.98 Å². The summed E-state index contributed by atoms with van der Waals surface area (Å²) in [4.78, 5) is 3.81. The first-order chi connectivity index (χ1) is 7.54. The molecule has 1 aromatic heterocycles. The minimum Gasteiger partial charge on any atom is -0.395 e. The van der Waals surface area contributed by atoms with Crippen LogP contribution in [0.2, 0.25) is 0 Å². The molecule has 0 saturated carbocycles. The molecule has 0 spiro atoms. The molecule has 0 fully saturated rings. The van der Waals surface area contributed by atoms with Crippen molar-refractivity contribution in [1.29, 1.82) is 0 Å². The number of hydrogen-bond donors (Lipinski definition) is 2. The first kappa shape index (κ1) is 13.1. The topological polar surface area (TPSA) is 45.1 Å². The Hall–Kier alpha value is -1.00. The molecule has 0 aromatic carbocycles. The monoisotopic (exact) mass is 226 g/mol. The molecule has 2 N–H and O–H groups in total. The second kappa shape index (κ2) is 5.92. The number of rotatable bonds is 5. The zero-order valence-electron chi connectivity index (χ0n) is 9.94. The molecule has 0 radical (unpaired) electrons. The fourth-order valence-electron chi connectivity index (χ4n) is 1.54. The molecule has 1 aromatic rings. The van der Waals surface area contributed by atoms with Gasteiger partial charge in [0.1, 0.15) is 5.82 Å². The third-order valence-corrected chi connectivity index (χ3v) is 2.69. The van der Waals surface area contributed by atoms with Crippen LogP contribution in [0.1, 0.15) is 32.4 Å². The van der Waals surface area contributed by atoms with E-state index in [1.165, 1.54) is 12.3 Å².